The van der Waals surface area contributed by atoms with Gasteiger partial charge < -0.3 is 24.3 Å². The second kappa shape index (κ2) is 8.97. The fraction of sp³-hybridized carbons (Fsp3) is 0.391. The predicted molar refractivity (Wildman–Crippen MR) is 126 cm³/mol. The number of methoxy groups -OCH3 is 1. The zero-order chi connectivity index (χ0) is 23.9. The minimum absolute atomic E-state index is 0.00517. The Morgan fingerprint density at radius 1 is 1.18 bits per heavy atom. The van der Waals surface area contributed by atoms with Crippen molar-refractivity contribution in [3.63, 3.8) is 0 Å². The molecule has 9 nitrogen and oxygen atoms in total. The number of hydrogen-bond acceptors (Lipinski definition) is 9. The summed E-state index contributed by atoms with van der Waals surface area (Å²) in [5.41, 5.74) is 1.56. The molecule has 1 aromatic heterocycles. The Labute approximate surface area is 196 Å². The molecule has 0 spiro atoms. The van der Waals surface area contributed by atoms with Crippen molar-refractivity contribution in [2.75, 3.05) is 38.2 Å². The summed E-state index contributed by atoms with van der Waals surface area (Å²) in [6, 6.07) is 7.64. The zero-order valence-electron chi connectivity index (χ0n) is 19.0. The van der Waals surface area contributed by atoms with E-state index in [0.717, 1.165) is 6.42 Å². The van der Waals surface area contributed by atoms with Crippen molar-refractivity contribution in [2.24, 2.45) is 4.36 Å². The maximum Gasteiger partial charge on any atom is 0.151 e. The number of benzene rings is 2. The van der Waals surface area contributed by atoms with Gasteiger partial charge in [0, 0.05) is 41.0 Å². The third-order valence-electron chi connectivity index (χ3n) is 5.63. The molecule has 2 aromatic carbocycles. The number of halogens is 1. The quantitative estimate of drug-likeness (QED) is 0.559. The molecule has 0 bridgehead atoms. The molecule has 0 aliphatic carbocycles. The lowest BCUT2D eigenvalue weighted by Gasteiger charge is -2.21. The lowest BCUT2D eigenvalue weighted by atomic mass is 10.1. The second-order valence-electron chi connectivity index (χ2n) is 8.45. The number of rotatable bonds is 6. The van der Waals surface area contributed by atoms with Crippen LogP contribution in [0.3, 0.4) is 0 Å². The van der Waals surface area contributed by atoms with E-state index in [0.29, 0.717) is 52.8 Å². The minimum Gasteiger partial charge on any atom is -0.496 e. The summed E-state index contributed by atoms with van der Waals surface area (Å²) in [6.45, 7) is 0.995. The van der Waals surface area contributed by atoms with E-state index in [1.807, 2.05) is 0 Å². The molecule has 1 N–H and O–H groups in total. The predicted octanol–water partition coefficient (Wildman–Crippen LogP) is 3.82. The van der Waals surface area contributed by atoms with Gasteiger partial charge in [-0.05, 0) is 24.6 Å². The Hall–Kier alpha value is -3.02. The molecule has 0 saturated carbocycles. The van der Waals surface area contributed by atoms with Crippen molar-refractivity contribution < 1.29 is 27.5 Å². The first-order chi connectivity index (χ1) is 16.3. The first-order valence-electron chi connectivity index (χ1n) is 10.8. The average Bonchev–Trinajstić information content (AvgIpc) is 3.39. The largest absolute Gasteiger partial charge is 0.496 e. The Morgan fingerprint density at radius 2 is 2.03 bits per heavy atom. The van der Waals surface area contributed by atoms with Crippen LogP contribution >= 0.6 is 0 Å². The molecule has 2 fully saturated rings. The fourth-order valence-corrected chi connectivity index (χ4v) is 4.83. The van der Waals surface area contributed by atoms with E-state index in [9.17, 15) is 8.60 Å². The summed E-state index contributed by atoms with van der Waals surface area (Å²) >= 11 is 0. The third-order valence-corrected chi connectivity index (χ3v) is 6.28. The van der Waals surface area contributed by atoms with Gasteiger partial charge in [-0.25, -0.2) is 18.6 Å². The Morgan fingerprint density at radius 3 is 2.82 bits per heavy atom. The van der Waals surface area contributed by atoms with Crippen molar-refractivity contribution >= 4 is 37.8 Å². The molecule has 3 heterocycles. The van der Waals surface area contributed by atoms with Gasteiger partial charge in [-0.3, -0.25) is 0 Å². The maximum atomic E-state index is 14.1. The van der Waals surface area contributed by atoms with Gasteiger partial charge in [-0.15, -0.1) is 0 Å². The third kappa shape index (κ3) is 4.63. The molecule has 11 heteroatoms. The van der Waals surface area contributed by atoms with Crippen LogP contribution in [0.1, 0.15) is 6.42 Å². The maximum absolute atomic E-state index is 14.1. The lowest BCUT2D eigenvalue weighted by molar-refractivity contribution is 0.0310. The molecule has 2 aliphatic rings. The number of fused-ring (bicyclic) bond motifs is 2. The first kappa shape index (κ1) is 22.8. The monoisotopic (exact) mass is 488 g/mol. The van der Waals surface area contributed by atoms with Gasteiger partial charge in [0.2, 0.25) is 0 Å². The van der Waals surface area contributed by atoms with Crippen molar-refractivity contribution in [1.29, 1.82) is 0 Å². The van der Waals surface area contributed by atoms with E-state index in [1.165, 1.54) is 25.6 Å². The number of hydrogen-bond donors (Lipinski definition) is 1. The van der Waals surface area contributed by atoms with Crippen molar-refractivity contribution in [3.05, 3.63) is 42.5 Å². The van der Waals surface area contributed by atoms with Gasteiger partial charge in [-0.2, -0.15) is 4.36 Å². The molecule has 0 unspecified atom stereocenters. The van der Waals surface area contributed by atoms with Gasteiger partial charge in [0.25, 0.3) is 0 Å². The highest BCUT2D eigenvalue weighted by molar-refractivity contribution is 7.92. The molecule has 3 atom stereocenters. The van der Waals surface area contributed by atoms with E-state index in [-0.39, 0.29) is 18.3 Å². The van der Waals surface area contributed by atoms with E-state index >= 15 is 0 Å². The van der Waals surface area contributed by atoms with Crippen molar-refractivity contribution in [1.82, 2.24) is 9.97 Å². The first-order valence-corrected chi connectivity index (χ1v) is 13.1. The number of nitrogens with zero attached hydrogens (tertiary/aromatic N) is 3. The average molecular weight is 489 g/mol. The molecule has 3 aromatic rings. The molecule has 5 rings (SSSR count). The van der Waals surface area contributed by atoms with Crippen LogP contribution in [0, 0.1) is 5.82 Å². The number of nitrogens with one attached hydrogen (secondary N) is 1. The van der Waals surface area contributed by atoms with Crippen LogP contribution in [0.15, 0.2) is 41.0 Å². The summed E-state index contributed by atoms with van der Waals surface area (Å²) in [4.78, 5) is 8.71. The Kier molecular flexibility index (Phi) is 6.00. The minimum atomic E-state index is -2.37. The molecule has 34 heavy (non-hydrogen) atoms. The number of ether oxygens (including phenoxy) is 4. The van der Waals surface area contributed by atoms with Gasteiger partial charge in [0.05, 0.1) is 42.1 Å². The summed E-state index contributed by atoms with van der Waals surface area (Å²) in [5.74, 6) is 0.788. The Bertz CT molecular complexity index is 1350. The smallest absolute Gasteiger partial charge is 0.151 e. The molecule has 180 valence electrons. The number of anilines is 2. The highest BCUT2D eigenvalue weighted by Crippen LogP contribution is 2.38. The van der Waals surface area contributed by atoms with Crippen LogP contribution in [-0.4, -0.2) is 65.3 Å². The van der Waals surface area contributed by atoms with Gasteiger partial charge in [-0.1, -0.05) is 0 Å². The summed E-state index contributed by atoms with van der Waals surface area (Å²) in [6.07, 6.45) is 4.83. The molecule has 2 saturated heterocycles. The zero-order valence-corrected chi connectivity index (χ0v) is 19.8. The topological polar surface area (TPSA) is 104 Å². The fourth-order valence-electron chi connectivity index (χ4n) is 4.22. The second-order valence-corrected chi connectivity index (χ2v) is 11.0. The van der Waals surface area contributed by atoms with E-state index in [1.54, 1.807) is 30.7 Å². The van der Waals surface area contributed by atoms with Crippen LogP contribution < -0.4 is 14.8 Å². The molecule has 0 radical (unpaired) electrons. The molecular formula is C23H25FN4O5S. The van der Waals surface area contributed by atoms with Crippen molar-refractivity contribution in [2.45, 2.75) is 24.7 Å². The van der Waals surface area contributed by atoms with Gasteiger partial charge >= 0.3 is 0 Å². The van der Waals surface area contributed by atoms with Crippen LogP contribution in [0.2, 0.25) is 0 Å². The SMILES string of the molecule is COc1cc(N=S(C)(C)=O)cc2ncnc(Nc3ccc(F)cc3O[C@@H]3CO[C@@H]4CCO[C@@H]43)c12. The highest BCUT2D eigenvalue weighted by atomic mass is 32.2. The standard InChI is InChI=1S/C23H25FN4O5S/c1-30-19-10-14(28-34(2,3)29)9-16-21(19)23(26-12-25-16)27-15-5-4-13(24)8-18(15)33-20-11-32-17-6-7-31-22(17)20/h4-5,8-10,12,17,20,22H,6-7,11H2,1-3H3,(H,25,26,27)/t17-,20-,22+/m1/s1. The van der Waals surface area contributed by atoms with Crippen molar-refractivity contribution in [3.8, 4) is 11.5 Å². The summed E-state index contributed by atoms with van der Waals surface area (Å²) in [5, 5.41) is 3.83. The van der Waals surface area contributed by atoms with E-state index < -0.39 is 15.5 Å². The van der Waals surface area contributed by atoms with Gasteiger partial charge in [0.1, 0.15) is 35.6 Å². The lowest BCUT2D eigenvalue weighted by Crippen LogP contribution is -2.32. The molecular weight excluding hydrogens is 463 g/mol. The summed E-state index contributed by atoms with van der Waals surface area (Å²) < 4.78 is 53.8. The Balaban J connectivity index is 1.51. The summed E-state index contributed by atoms with van der Waals surface area (Å²) in [7, 11) is -0.846. The normalized spacial score (nSPS) is 21.9. The van der Waals surface area contributed by atoms with Crippen LogP contribution in [0.4, 0.5) is 21.6 Å². The highest BCUT2D eigenvalue weighted by Gasteiger charge is 2.43. The number of aromatic nitrogens is 2. The molecule has 0 amide bonds. The van der Waals surface area contributed by atoms with Crippen LogP contribution in [0.25, 0.3) is 10.9 Å². The van der Waals surface area contributed by atoms with Gasteiger partial charge in [0.15, 0.2) is 6.10 Å². The van der Waals surface area contributed by atoms with E-state index in [2.05, 4.69) is 19.6 Å². The van der Waals surface area contributed by atoms with Crippen LogP contribution in [0.5, 0.6) is 11.5 Å². The van der Waals surface area contributed by atoms with E-state index in [4.69, 9.17) is 18.9 Å². The molecule has 2 aliphatic heterocycles. The van der Waals surface area contributed by atoms with Crippen LogP contribution in [-0.2, 0) is 19.2 Å².